The van der Waals surface area contributed by atoms with E-state index < -0.39 is 0 Å². The number of hydrogen-bond donors (Lipinski definition) is 1. The van der Waals surface area contributed by atoms with Crippen LogP contribution in [0.15, 0.2) is 18.2 Å². The first-order valence-electron chi connectivity index (χ1n) is 7.32. The lowest BCUT2D eigenvalue weighted by Gasteiger charge is -2.26. The van der Waals surface area contributed by atoms with Gasteiger partial charge in [0.1, 0.15) is 0 Å². The molecule has 0 saturated carbocycles. The summed E-state index contributed by atoms with van der Waals surface area (Å²) < 4.78 is 5.35. The maximum absolute atomic E-state index is 5.35. The van der Waals surface area contributed by atoms with Crippen molar-refractivity contribution in [3.63, 3.8) is 0 Å². The number of hydrogen-bond acceptors (Lipinski definition) is 3. The standard InChI is InChI=1S/C16H26N2O/c1-14-4-5-16(15(2)12-14)13-17-6-3-7-18-8-10-19-11-9-18/h4-5,12,17H,3,6-11,13H2,1-2H3. The van der Waals surface area contributed by atoms with Crippen LogP contribution in [0.1, 0.15) is 23.1 Å². The number of morpholine rings is 1. The van der Waals surface area contributed by atoms with E-state index in [0.717, 1.165) is 39.4 Å². The van der Waals surface area contributed by atoms with Crippen LogP contribution < -0.4 is 5.32 Å². The molecule has 0 unspecified atom stereocenters. The maximum atomic E-state index is 5.35. The molecule has 1 aliphatic heterocycles. The molecule has 0 aromatic heterocycles. The van der Waals surface area contributed by atoms with Crippen LogP contribution in [-0.4, -0.2) is 44.3 Å². The van der Waals surface area contributed by atoms with Gasteiger partial charge in [0.2, 0.25) is 0 Å². The summed E-state index contributed by atoms with van der Waals surface area (Å²) in [6.07, 6.45) is 1.21. The van der Waals surface area contributed by atoms with Gasteiger partial charge in [-0.05, 0) is 44.5 Å². The molecule has 0 atom stereocenters. The molecule has 1 aromatic carbocycles. The van der Waals surface area contributed by atoms with E-state index in [0.29, 0.717) is 0 Å². The third kappa shape index (κ3) is 4.94. The molecule has 106 valence electrons. The van der Waals surface area contributed by atoms with Gasteiger partial charge in [0, 0.05) is 19.6 Å². The average molecular weight is 262 g/mol. The van der Waals surface area contributed by atoms with Gasteiger partial charge in [-0.15, -0.1) is 0 Å². The molecule has 2 rings (SSSR count). The van der Waals surface area contributed by atoms with Gasteiger partial charge in [-0.3, -0.25) is 4.90 Å². The van der Waals surface area contributed by atoms with Crippen LogP contribution in [0.4, 0.5) is 0 Å². The van der Waals surface area contributed by atoms with Gasteiger partial charge in [0.25, 0.3) is 0 Å². The van der Waals surface area contributed by atoms with Gasteiger partial charge >= 0.3 is 0 Å². The highest BCUT2D eigenvalue weighted by atomic mass is 16.5. The van der Waals surface area contributed by atoms with E-state index in [9.17, 15) is 0 Å². The molecule has 1 aromatic rings. The van der Waals surface area contributed by atoms with Crippen LogP contribution in [0.5, 0.6) is 0 Å². The second-order valence-corrected chi connectivity index (χ2v) is 5.41. The van der Waals surface area contributed by atoms with E-state index in [-0.39, 0.29) is 0 Å². The summed E-state index contributed by atoms with van der Waals surface area (Å²) in [5.41, 5.74) is 4.14. The summed E-state index contributed by atoms with van der Waals surface area (Å²) in [6.45, 7) is 11.6. The van der Waals surface area contributed by atoms with Gasteiger partial charge in [0.05, 0.1) is 13.2 Å². The van der Waals surface area contributed by atoms with E-state index in [1.807, 2.05) is 0 Å². The molecule has 0 radical (unpaired) electrons. The van der Waals surface area contributed by atoms with Gasteiger partial charge < -0.3 is 10.1 Å². The Balaban J connectivity index is 1.61. The van der Waals surface area contributed by atoms with Crippen LogP contribution in [0.2, 0.25) is 0 Å². The van der Waals surface area contributed by atoms with Crippen molar-refractivity contribution in [3.05, 3.63) is 34.9 Å². The van der Waals surface area contributed by atoms with Crippen molar-refractivity contribution in [1.82, 2.24) is 10.2 Å². The number of rotatable bonds is 6. The minimum atomic E-state index is 0.899. The lowest BCUT2D eigenvalue weighted by Crippen LogP contribution is -2.37. The monoisotopic (exact) mass is 262 g/mol. The largest absolute Gasteiger partial charge is 0.379 e. The molecule has 0 amide bonds. The van der Waals surface area contributed by atoms with Gasteiger partial charge in [-0.25, -0.2) is 0 Å². The SMILES string of the molecule is Cc1ccc(CNCCCN2CCOCC2)c(C)c1. The first-order valence-corrected chi connectivity index (χ1v) is 7.32. The first kappa shape index (κ1) is 14.5. The molecular formula is C16H26N2O. The maximum Gasteiger partial charge on any atom is 0.0594 e. The molecule has 19 heavy (non-hydrogen) atoms. The third-order valence-electron chi connectivity index (χ3n) is 3.75. The molecule has 1 fully saturated rings. The molecule has 1 saturated heterocycles. The Bertz CT molecular complexity index is 386. The van der Waals surface area contributed by atoms with Crippen LogP contribution >= 0.6 is 0 Å². The van der Waals surface area contributed by atoms with Crippen LogP contribution in [0.25, 0.3) is 0 Å². The van der Waals surface area contributed by atoms with Gasteiger partial charge in [-0.2, -0.15) is 0 Å². The summed E-state index contributed by atoms with van der Waals surface area (Å²) in [5, 5.41) is 3.54. The molecular weight excluding hydrogens is 236 g/mol. The van der Waals surface area contributed by atoms with Gasteiger partial charge in [0.15, 0.2) is 0 Å². The highest BCUT2D eigenvalue weighted by Gasteiger charge is 2.08. The third-order valence-corrected chi connectivity index (χ3v) is 3.75. The summed E-state index contributed by atoms with van der Waals surface area (Å²) in [4.78, 5) is 2.49. The zero-order chi connectivity index (χ0) is 13.5. The second-order valence-electron chi connectivity index (χ2n) is 5.41. The van der Waals surface area contributed by atoms with Crippen LogP contribution in [0, 0.1) is 13.8 Å². The molecule has 1 heterocycles. The smallest absolute Gasteiger partial charge is 0.0594 e. The number of benzene rings is 1. The van der Waals surface area contributed by atoms with E-state index >= 15 is 0 Å². The normalized spacial score (nSPS) is 16.7. The van der Waals surface area contributed by atoms with Crippen LogP contribution in [-0.2, 0) is 11.3 Å². The molecule has 0 bridgehead atoms. The number of ether oxygens (including phenoxy) is 1. The zero-order valence-electron chi connectivity index (χ0n) is 12.2. The van der Waals surface area contributed by atoms with Gasteiger partial charge in [-0.1, -0.05) is 23.8 Å². The Morgan fingerprint density at radius 1 is 1.21 bits per heavy atom. The number of aryl methyl sites for hydroxylation is 2. The highest BCUT2D eigenvalue weighted by molar-refractivity contribution is 5.30. The Morgan fingerprint density at radius 2 is 2.00 bits per heavy atom. The van der Waals surface area contributed by atoms with Crippen molar-refractivity contribution >= 4 is 0 Å². The van der Waals surface area contributed by atoms with E-state index in [1.165, 1.54) is 29.7 Å². The van der Waals surface area contributed by atoms with E-state index in [4.69, 9.17) is 4.74 Å². The quantitative estimate of drug-likeness (QED) is 0.795. The van der Waals surface area contributed by atoms with Crippen molar-refractivity contribution in [3.8, 4) is 0 Å². The first-order chi connectivity index (χ1) is 9.25. The summed E-state index contributed by atoms with van der Waals surface area (Å²) in [7, 11) is 0. The van der Waals surface area contributed by atoms with E-state index in [1.54, 1.807) is 0 Å². The van der Waals surface area contributed by atoms with Crippen LogP contribution in [0.3, 0.4) is 0 Å². The predicted octanol–water partition coefficient (Wildman–Crippen LogP) is 2.12. The van der Waals surface area contributed by atoms with Crippen molar-refractivity contribution in [2.24, 2.45) is 0 Å². The number of nitrogens with one attached hydrogen (secondary N) is 1. The van der Waals surface area contributed by atoms with Crippen molar-refractivity contribution in [2.75, 3.05) is 39.4 Å². The Kier molecular flexibility index (Phi) is 5.83. The van der Waals surface area contributed by atoms with Crippen molar-refractivity contribution in [1.29, 1.82) is 0 Å². The second kappa shape index (κ2) is 7.63. The fraction of sp³-hybridized carbons (Fsp3) is 0.625. The van der Waals surface area contributed by atoms with E-state index in [2.05, 4.69) is 42.3 Å². The topological polar surface area (TPSA) is 24.5 Å². The molecule has 0 spiro atoms. The minimum absolute atomic E-state index is 0.899. The number of nitrogens with zero attached hydrogens (tertiary/aromatic N) is 1. The predicted molar refractivity (Wildman–Crippen MR) is 79.5 cm³/mol. The average Bonchev–Trinajstić information content (AvgIpc) is 2.42. The molecule has 3 heteroatoms. The lowest BCUT2D eigenvalue weighted by atomic mass is 10.1. The minimum Gasteiger partial charge on any atom is -0.379 e. The fourth-order valence-electron chi connectivity index (χ4n) is 2.52. The molecule has 3 nitrogen and oxygen atoms in total. The summed E-state index contributed by atoms with van der Waals surface area (Å²) >= 11 is 0. The Labute approximate surface area is 116 Å². The van der Waals surface area contributed by atoms with Crippen molar-refractivity contribution < 1.29 is 4.74 Å². The van der Waals surface area contributed by atoms with Crippen molar-refractivity contribution in [2.45, 2.75) is 26.8 Å². The summed E-state index contributed by atoms with van der Waals surface area (Å²) in [5.74, 6) is 0. The zero-order valence-corrected chi connectivity index (χ0v) is 12.2. The lowest BCUT2D eigenvalue weighted by molar-refractivity contribution is 0.0374. The molecule has 1 N–H and O–H groups in total. The molecule has 1 aliphatic rings. The Morgan fingerprint density at radius 3 is 2.74 bits per heavy atom. The molecule has 0 aliphatic carbocycles. The highest BCUT2D eigenvalue weighted by Crippen LogP contribution is 2.10. The summed E-state index contributed by atoms with van der Waals surface area (Å²) in [6, 6.07) is 6.68. The Hall–Kier alpha value is -0.900. The fourth-order valence-corrected chi connectivity index (χ4v) is 2.52.